The Labute approximate surface area is 129 Å². The molecule has 2 aromatic rings. The first kappa shape index (κ1) is 14.3. The number of hydrogen-bond donors (Lipinski definition) is 0. The molecule has 0 aliphatic heterocycles. The van der Waals surface area contributed by atoms with Crippen LogP contribution in [-0.4, -0.2) is 28.9 Å². The Hall–Kier alpha value is -1.68. The van der Waals surface area contributed by atoms with E-state index in [9.17, 15) is 4.79 Å². The largest absolute Gasteiger partial charge is 0.338 e. The van der Waals surface area contributed by atoms with Gasteiger partial charge in [0.2, 0.25) is 0 Å². The minimum absolute atomic E-state index is 0.142. The maximum atomic E-state index is 12.6. The smallest absolute Gasteiger partial charge is 0.265 e. The van der Waals surface area contributed by atoms with Crippen molar-refractivity contribution < 1.29 is 4.79 Å². The highest BCUT2D eigenvalue weighted by atomic mass is 32.1. The first-order valence-electron chi connectivity index (χ1n) is 7.58. The fourth-order valence-electron chi connectivity index (χ4n) is 2.40. The Balaban J connectivity index is 1.76. The SMILES string of the molecule is CCCN(CC1CC1)C(=O)c1cnc(-c2ccccc2)s1. The van der Waals surface area contributed by atoms with Crippen LogP contribution in [0.4, 0.5) is 0 Å². The van der Waals surface area contributed by atoms with Crippen molar-refractivity contribution in [2.75, 3.05) is 13.1 Å². The maximum Gasteiger partial charge on any atom is 0.265 e. The van der Waals surface area contributed by atoms with E-state index in [4.69, 9.17) is 0 Å². The molecule has 3 nitrogen and oxygen atoms in total. The van der Waals surface area contributed by atoms with Crippen LogP contribution < -0.4 is 0 Å². The van der Waals surface area contributed by atoms with Gasteiger partial charge >= 0.3 is 0 Å². The highest BCUT2D eigenvalue weighted by molar-refractivity contribution is 7.16. The summed E-state index contributed by atoms with van der Waals surface area (Å²) >= 11 is 1.49. The lowest BCUT2D eigenvalue weighted by molar-refractivity contribution is 0.0752. The highest BCUT2D eigenvalue weighted by Crippen LogP contribution is 2.31. The van der Waals surface area contributed by atoms with E-state index in [1.807, 2.05) is 35.2 Å². The van der Waals surface area contributed by atoms with Crippen molar-refractivity contribution in [2.45, 2.75) is 26.2 Å². The summed E-state index contributed by atoms with van der Waals surface area (Å²) < 4.78 is 0. The normalized spacial score (nSPS) is 14.1. The van der Waals surface area contributed by atoms with Crippen molar-refractivity contribution in [3.8, 4) is 10.6 Å². The fourth-order valence-corrected chi connectivity index (χ4v) is 3.29. The van der Waals surface area contributed by atoms with E-state index in [0.717, 1.165) is 40.9 Å². The van der Waals surface area contributed by atoms with Crippen LogP contribution in [0, 0.1) is 5.92 Å². The second kappa shape index (κ2) is 6.39. The van der Waals surface area contributed by atoms with E-state index in [0.29, 0.717) is 0 Å². The third kappa shape index (κ3) is 3.50. The van der Waals surface area contributed by atoms with Crippen molar-refractivity contribution in [3.05, 3.63) is 41.4 Å². The number of aromatic nitrogens is 1. The van der Waals surface area contributed by atoms with Crippen LogP contribution in [0.3, 0.4) is 0 Å². The lowest BCUT2D eigenvalue weighted by atomic mass is 10.2. The van der Waals surface area contributed by atoms with Gasteiger partial charge in [-0.25, -0.2) is 4.98 Å². The summed E-state index contributed by atoms with van der Waals surface area (Å²) in [6.07, 6.45) is 5.27. The van der Waals surface area contributed by atoms with Gasteiger partial charge in [-0.2, -0.15) is 0 Å². The number of benzene rings is 1. The molecule has 1 saturated carbocycles. The van der Waals surface area contributed by atoms with Gasteiger partial charge in [0.1, 0.15) is 9.88 Å². The van der Waals surface area contributed by atoms with E-state index in [1.54, 1.807) is 6.20 Å². The molecule has 0 saturated heterocycles. The van der Waals surface area contributed by atoms with Crippen LogP contribution in [0.1, 0.15) is 35.9 Å². The maximum absolute atomic E-state index is 12.6. The third-order valence-electron chi connectivity index (χ3n) is 3.69. The number of thiazole rings is 1. The van der Waals surface area contributed by atoms with Crippen LogP contribution >= 0.6 is 11.3 Å². The Bertz CT molecular complexity index is 604. The van der Waals surface area contributed by atoms with E-state index in [-0.39, 0.29) is 5.91 Å². The van der Waals surface area contributed by atoms with Gasteiger partial charge in [-0.15, -0.1) is 11.3 Å². The summed E-state index contributed by atoms with van der Waals surface area (Å²) in [5, 5.41) is 0.918. The number of hydrogen-bond acceptors (Lipinski definition) is 3. The first-order valence-corrected chi connectivity index (χ1v) is 8.40. The molecular weight excluding hydrogens is 280 g/mol. The predicted octanol–water partition coefficient (Wildman–Crippen LogP) is 4.07. The summed E-state index contributed by atoms with van der Waals surface area (Å²) in [4.78, 5) is 19.8. The summed E-state index contributed by atoms with van der Waals surface area (Å²) in [5.74, 6) is 0.866. The van der Waals surface area contributed by atoms with Crippen molar-refractivity contribution in [1.29, 1.82) is 0 Å². The summed E-state index contributed by atoms with van der Waals surface area (Å²) in [5.41, 5.74) is 1.07. The average Bonchev–Trinajstić information content (AvgIpc) is 3.20. The Morgan fingerprint density at radius 1 is 1.33 bits per heavy atom. The molecule has 1 aromatic heterocycles. The second-order valence-electron chi connectivity index (χ2n) is 5.59. The number of rotatable bonds is 6. The Morgan fingerprint density at radius 3 is 2.76 bits per heavy atom. The lowest BCUT2D eigenvalue weighted by Crippen LogP contribution is -2.33. The predicted molar refractivity (Wildman–Crippen MR) is 86.5 cm³/mol. The summed E-state index contributed by atoms with van der Waals surface area (Å²) in [6.45, 7) is 3.87. The molecule has 0 unspecified atom stereocenters. The van der Waals surface area contributed by atoms with Crippen LogP contribution in [-0.2, 0) is 0 Å². The molecule has 1 fully saturated rings. The molecule has 0 spiro atoms. The molecule has 1 aliphatic carbocycles. The zero-order valence-corrected chi connectivity index (χ0v) is 13.1. The van der Waals surface area contributed by atoms with E-state index < -0.39 is 0 Å². The minimum Gasteiger partial charge on any atom is -0.338 e. The minimum atomic E-state index is 0.142. The molecule has 1 amide bonds. The average molecular weight is 300 g/mol. The molecular formula is C17H20N2OS. The van der Waals surface area contributed by atoms with Crippen LogP contribution in [0.5, 0.6) is 0 Å². The van der Waals surface area contributed by atoms with Gasteiger partial charge in [0.15, 0.2) is 0 Å². The Kier molecular flexibility index (Phi) is 4.34. The van der Waals surface area contributed by atoms with Gasteiger partial charge in [-0.05, 0) is 25.2 Å². The fraction of sp³-hybridized carbons (Fsp3) is 0.412. The molecule has 0 atom stereocenters. The van der Waals surface area contributed by atoms with Crippen LogP contribution in [0.25, 0.3) is 10.6 Å². The van der Waals surface area contributed by atoms with Gasteiger partial charge < -0.3 is 4.90 Å². The van der Waals surface area contributed by atoms with Crippen molar-refractivity contribution in [1.82, 2.24) is 9.88 Å². The zero-order valence-electron chi connectivity index (χ0n) is 12.3. The third-order valence-corrected chi connectivity index (χ3v) is 4.73. The molecule has 21 heavy (non-hydrogen) atoms. The molecule has 0 bridgehead atoms. The van der Waals surface area contributed by atoms with E-state index in [2.05, 4.69) is 11.9 Å². The highest BCUT2D eigenvalue weighted by Gasteiger charge is 2.27. The number of carbonyl (C=O) groups excluding carboxylic acids is 1. The quantitative estimate of drug-likeness (QED) is 0.805. The first-order chi connectivity index (χ1) is 10.3. The second-order valence-corrected chi connectivity index (χ2v) is 6.62. The molecule has 110 valence electrons. The summed E-state index contributed by atoms with van der Waals surface area (Å²) in [7, 11) is 0. The standard InChI is InChI=1S/C17H20N2OS/c1-2-10-19(12-13-8-9-13)17(20)15-11-18-16(21-15)14-6-4-3-5-7-14/h3-7,11,13H,2,8-10,12H2,1H3. The van der Waals surface area contributed by atoms with Crippen LogP contribution in [0.15, 0.2) is 36.5 Å². The molecule has 1 aromatic carbocycles. The van der Waals surface area contributed by atoms with E-state index in [1.165, 1.54) is 24.2 Å². The monoisotopic (exact) mass is 300 g/mol. The van der Waals surface area contributed by atoms with Crippen molar-refractivity contribution >= 4 is 17.2 Å². The number of carbonyl (C=O) groups is 1. The number of nitrogens with zero attached hydrogens (tertiary/aromatic N) is 2. The van der Waals surface area contributed by atoms with Gasteiger partial charge in [0.25, 0.3) is 5.91 Å². The number of amides is 1. The van der Waals surface area contributed by atoms with Crippen molar-refractivity contribution in [2.24, 2.45) is 5.92 Å². The van der Waals surface area contributed by atoms with Gasteiger partial charge in [-0.1, -0.05) is 37.3 Å². The van der Waals surface area contributed by atoms with Crippen molar-refractivity contribution in [3.63, 3.8) is 0 Å². The molecule has 0 radical (unpaired) electrons. The molecule has 4 heteroatoms. The molecule has 0 N–H and O–H groups in total. The Morgan fingerprint density at radius 2 is 2.10 bits per heavy atom. The van der Waals surface area contributed by atoms with E-state index >= 15 is 0 Å². The van der Waals surface area contributed by atoms with Gasteiger partial charge in [0.05, 0.1) is 6.20 Å². The summed E-state index contributed by atoms with van der Waals surface area (Å²) in [6, 6.07) is 10.0. The molecule has 1 aliphatic rings. The van der Waals surface area contributed by atoms with Gasteiger partial charge in [0, 0.05) is 18.7 Å². The lowest BCUT2D eigenvalue weighted by Gasteiger charge is -2.20. The van der Waals surface area contributed by atoms with Crippen LogP contribution in [0.2, 0.25) is 0 Å². The topological polar surface area (TPSA) is 33.2 Å². The molecule has 3 rings (SSSR count). The zero-order chi connectivity index (χ0) is 14.7. The molecule has 1 heterocycles. The van der Waals surface area contributed by atoms with Gasteiger partial charge in [-0.3, -0.25) is 4.79 Å².